The van der Waals surface area contributed by atoms with Crippen molar-refractivity contribution < 1.29 is 13.2 Å². The Hall–Kier alpha value is -0.990. The second kappa shape index (κ2) is 7.33. The molecule has 6 nitrogen and oxygen atoms in total. The van der Waals surface area contributed by atoms with Gasteiger partial charge in [-0.25, -0.2) is 17.7 Å². The first kappa shape index (κ1) is 16.4. The molecule has 1 aliphatic rings. The fourth-order valence-corrected chi connectivity index (χ4v) is 4.51. The third kappa shape index (κ3) is 4.76. The first-order chi connectivity index (χ1) is 9.99. The fraction of sp³-hybridized carbons (Fsp3) is 0.692. The molecule has 1 aromatic heterocycles. The number of sulfonamides is 1. The Balaban J connectivity index is 1.68. The molecule has 1 aliphatic heterocycles. The second-order valence-corrected chi connectivity index (χ2v) is 8.16. The van der Waals surface area contributed by atoms with Gasteiger partial charge in [0.15, 0.2) is 0 Å². The molecule has 0 unspecified atom stereocenters. The van der Waals surface area contributed by atoms with E-state index in [1.165, 1.54) is 4.31 Å². The minimum atomic E-state index is -3.21. The number of hydrogen-bond acceptors (Lipinski definition) is 5. The zero-order valence-electron chi connectivity index (χ0n) is 12.2. The molecule has 0 atom stereocenters. The summed E-state index contributed by atoms with van der Waals surface area (Å²) in [6.07, 6.45) is 2.88. The van der Waals surface area contributed by atoms with Crippen molar-refractivity contribution in [3.05, 3.63) is 16.1 Å². The molecule has 0 aliphatic carbocycles. The van der Waals surface area contributed by atoms with Crippen molar-refractivity contribution in [3.8, 4) is 0 Å². The van der Waals surface area contributed by atoms with Gasteiger partial charge in [0.1, 0.15) is 0 Å². The predicted molar refractivity (Wildman–Crippen MR) is 82.8 cm³/mol. The summed E-state index contributed by atoms with van der Waals surface area (Å²) in [6.45, 7) is 3.33. The van der Waals surface area contributed by atoms with Crippen LogP contribution in [0.25, 0.3) is 0 Å². The highest BCUT2D eigenvalue weighted by molar-refractivity contribution is 7.89. The molecular weight excluding hydrogens is 310 g/mol. The number of amides is 1. The molecule has 1 fully saturated rings. The van der Waals surface area contributed by atoms with E-state index < -0.39 is 10.0 Å². The maximum absolute atomic E-state index is 12.0. The molecule has 1 amide bonds. The number of thiazole rings is 1. The number of carbonyl (C=O) groups is 1. The Bertz CT molecular complexity index is 577. The zero-order chi connectivity index (χ0) is 15.3. The van der Waals surface area contributed by atoms with Gasteiger partial charge in [-0.3, -0.25) is 4.79 Å². The molecule has 0 aromatic carbocycles. The van der Waals surface area contributed by atoms with Crippen molar-refractivity contribution in [1.82, 2.24) is 14.6 Å². The van der Waals surface area contributed by atoms with Gasteiger partial charge in [0.25, 0.3) is 0 Å². The summed E-state index contributed by atoms with van der Waals surface area (Å²) in [7, 11) is -3.21. The van der Waals surface area contributed by atoms with Crippen LogP contribution in [-0.4, -0.2) is 49.0 Å². The monoisotopic (exact) mass is 331 g/mol. The standard InChI is InChI=1S/C13H21N3O3S2/c1-11-12(20-10-15-11)4-5-13(17)14-6-9-21(18,19)16-7-2-3-8-16/h10H,2-9H2,1H3,(H,14,17). The van der Waals surface area contributed by atoms with Gasteiger partial charge in [0, 0.05) is 30.9 Å². The van der Waals surface area contributed by atoms with E-state index in [0.717, 1.165) is 23.4 Å². The van der Waals surface area contributed by atoms with Crippen LogP contribution in [0.1, 0.15) is 29.8 Å². The van der Waals surface area contributed by atoms with Crippen LogP contribution in [0.3, 0.4) is 0 Å². The quantitative estimate of drug-likeness (QED) is 0.806. The van der Waals surface area contributed by atoms with E-state index in [1.807, 2.05) is 6.92 Å². The average Bonchev–Trinajstić information content (AvgIpc) is 3.07. The minimum Gasteiger partial charge on any atom is -0.355 e. The van der Waals surface area contributed by atoms with E-state index in [0.29, 0.717) is 25.9 Å². The summed E-state index contributed by atoms with van der Waals surface area (Å²) >= 11 is 1.54. The molecule has 1 aromatic rings. The van der Waals surface area contributed by atoms with E-state index in [1.54, 1.807) is 16.8 Å². The van der Waals surface area contributed by atoms with Gasteiger partial charge >= 0.3 is 0 Å². The minimum absolute atomic E-state index is 0.0156. The van der Waals surface area contributed by atoms with E-state index in [-0.39, 0.29) is 18.2 Å². The number of hydrogen-bond donors (Lipinski definition) is 1. The maximum Gasteiger partial charge on any atom is 0.220 e. The van der Waals surface area contributed by atoms with E-state index >= 15 is 0 Å². The van der Waals surface area contributed by atoms with E-state index in [2.05, 4.69) is 10.3 Å². The average molecular weight is 331 g/mol. The number of nitrogens with zero attached hydrogens (tertiary/aromatic N) is 2. The van der Waals surface area contributed by atoms with Crippen LogP contribution in [0.2, 0.25) is 0 Å². The topological polar surface area (TPSA) is 79.4 Å². The van der Waals surface area contributed by atoms with Gasteiger partial charge in [-0.1, -0.05) is 0 Å². The third-order valence-corrected chi connectivity index (χ3v) is 6.43. The molecule has 2 heterocycles. The van der Waals surface area contributed by atoms with Crippen LogP contribution in [0, 0.1) is 6.92 Å². The molecule has 2 rings (SSSR count). The number of aryl methyl sites for hydroxylation is 2. The van der Waals surface area contributed by atoms with Crippen LogP contribution in [0.15, 0.2) is 5.51 Å². The molecule has 0 radical (unpaired) electrons. The van der Waals surface area contributed by atoms with Crippen molar-refractivity contribution >= 4 is 27.3 Å². The molecule has 0 bridgehead atoms. The Morgan fingerprint density at radius 1 is 1.43 bits per heavy atom. The lowest BCUT2D eigenvalue weighted by Crippen LogP contribution is -2.36. The summed E-state index contributed by atoms with van der Waals surface area (Å²) in [5.74, 6) is -0.127. The van der Waals surface area contributed by atoms with Crippen molar-refractivity contribution in [2.75, 3.05) is 25.4 Å². The number of aromatic nitrogens is 1. The third-order valence-electron chi connectivity index (χ3n) is 3.56. The lowest BCUT2D eigenvalue weighted by molar-refractivity contribution is -0.120. The van der Waals surface area contributed by atoms with Crippen molar-refractivity contribution in [1.29, 1.82) is 0 Å². The fourth-order valence-electron chi connectivity index (χ4n) is 2.30. The van der Waals surface area contributed by atoms with Crippen molar-refractivity contribution in [2.24, 2.45) is 0 Å². The van der Waals surface area contributed by atoms with Gasteiger partial charge in [0.2, 0.25) is 15.9 Å². The summed E-state index contributed by atoms with van der Waals surface area (Å²) in [5, 5.41) is 2.68. The molecule has 0 saturated carbocycles. The number of nitrogens with one attached hydrogen (secondary N) is 1. The van der Waals surface area contributed by atoms with Gasteiger partial charge in [-0.2, -0.15) is 0 Å². The van der Waals surface area contributed by atoms with Crippen LogP contribution in [-0.2, 0) is 21.2 Å². The number of rotatable bonds is 7. The SMILES string of the molecule is Cc1ncsc1CCC(=O)NCCS(=O)(=O)N1CCCC1. The molecule has 1 N–H and O–H groups in total. The van der Waals surface area contributed by atoms with Gasteiger partial charge in [0.05, 0.1) is 17.0 Å². The summed E-state index contributed by atoms with van der Waals surface area (Å²) in [4.78, 5) is 17.0. The lowest BCUT2D eigenvalue weighted by Gasteiger charge is -2.15. The van der Waals surface area contributed by atoms with Crippen LogP contribution in [0.5, 0.6) is 0 Å². The summed E-state index contributed by atoms with van der Waals surface area (Å²) in [5.41, 5.74) is 2.73. The van der Waals surface area contributed by atoms with E-state index in [4.69, 9.17) is 0 Å². The van der Waals surface area contributed by atoms with Crippen LogP contribution < -0.4 is 5.32 Å². The van der Waals surface area contributed by atoms with Crippen molar-refractivity contribution in [3.63, 3.8) is 0 Å². The summed E-state index contributed by atoms with van der Waals surface area (Å²) in [6, 6.07) is 0. The predicted octanol–water partition coefficient (Wildman–Crippen LogP) is 0.926. The maximum atomic E-state index is 12.0. The van der Waals surface area contributed by atoms with E-state index in [9.17, 15) is 13.2 Å². The van der Waals surface area contributed by atoms with Crippen molar-refractivity contribution in [2.45, 2.75) is 32.6 Å². The normalized spacial score (nSPS) is 16.2. The van der Waals surface area contributed by atoms with Crippen LogP contribution >= 0.6 is 11.3 Å². The highest BCUT2D eigenvalue weighted by Gasteiger charge is 2.24. The Labute approximate surface area is 129 Å². The first-order valence-corrected chi connectivity index (χ1v) is 9.61. The molecule has 21 heavy (non-hydrogen) atoms. The molecule has 118 valence electrons. The van der Waals surface area contributed by atoms with Gasteiger partial charge < -0.3 is 5.32 Å². The lowest BCUT2D eigenvalue weighted by atomic mass is 10.2. The second-order valence-electron chi connectivity index (χ2n) is 5.13. The molecule has 8 heteroatoms. The largest absolute Gasteiger partial charge is 0.355 e. The molecule has 0 spiro atoms. The smallest absolute Gasteiger partial charge is 0.220 e. The van der Waals surface area contributed by atoms with Gasteiger partial charge in [-0.15, -0.1) is 11.3 Å². The molecule has 1 saturated heterocycles. The zero-order valence-corrected chi connectivity index (χ0v) is 13.8. The van der Waals surface area contributed by atoms with Gasteiger partial charge in [-0.05, 0) is 26.2 Å². The molecular formula is C13H21N3O3S2. The number of carbonyl (C=O) groups excluding carboxylic acids is 1. The Morgan fingerprint density at radius 3 is 2.76 bits per heavy atom. The Kier molecular flexibility index (Phi) is 5.72. The first-order valence-electron chi connectivity index (χ1n) is 7.12. The highest BCUT2D eigenvalue weighted by Crippen LogP contribution is 2.14. The highest BCUT2D eigenvalue weighted by atomic mass is 32.2. The van der Waals surface area contributed by atoms with Crippen LogP contribution in [0.4, 0.5) is 0 Å². The Morgan fingerprint density at radius 2 is 2.14 bits per heavy atom. The summed E-state index contributed by atoms with van der Waals surface area (Å²) < 4.78 is 25.5.